The van der Waals surface area contributed by atoms with Gasteiger partial charge in [-0.1, -0.05) is 26.0 Å². The molecular formula is C38H52N6O9S. The number of rotatable bonds is 7. The number of sulfonamides is 1. The highest BCUT2D eigenvalue weighted by Gasteiger charge is 2.63. The lowest BCUT2D eigenvalue weighted by Crippen LogP contribution is -2.59. The van der Waals surface area contributed by atoms with Crippen LogP contribution in [0, 0.1) is 17.8 Å². The van der Waals surface area contributed by atoms with Gasteiger partial charge in [-0.05, 0) is 90.2 Å². The Labute approximate surface area is 316 Å². The number of amides is 4. The lowest BCUT2D eigenvalue weighted by molar-refractivity contribution is -0.142. The number of nitrogens with zero attached hydrogens (tertiary/aromatic N) is 3. The molecule has 0 bridgehead atoms. The number of nitrogens with one attached hydrogen (secondary N) is 3. The van der Waals surface area contributed by atoms with E-state index in [4.69, 9.17) is 14.2 Å². The fourth-order valence-corrected chi connectivity index (χ4v) is 8.73. The minimum Gasteiger partial charge on any atom is -0.497 e. The molecule has 16 heteroatoms. The summed E-state index contributed by atoms with van der Waals surface area (Å²) < 4.78 is 44.8. The summed E-state index contributed by atoms with van der Waals surface area (Å²) in [7, 11) is -2.45. The van der Waals surface area contributed by atoms with Crippen LogP contribution in [0.3, 0.4) is 0 Å². The Kier molecular flexibility index (Phi) is 10.6. The first-order valence-corrected chi connectivity index (χ1v) is 20.1. The van der Waals surface area contributed by atoms with Gasteiger partial charge in [-0.2, -0.15) is 0 Å². The Morgan fingerprint density at radius 2 is 1.83 bits per heavy atom. The van der Waals surface area contributed by atoms with Gasteiger partial charge in [-0.3, -0.25) is 19.1 Å². The fraction of sp³-hybridized carbons (Fsp3) is 0.632. The molecule has 7 atom stereocenters. The zero-order valence-electron chi connectivity index (χ0n) is 32.0. The maximum absolute atomic E-state index is 14.7. The first-order chi connectivity index (χ1) is 25.3. The standard InChI is InChI=1S/C38H52N6O9S/c1-22-10-8-9-11-24-19-38(24,34(47)43-54(49,50)37(6)14-15-37)42-31(45)29-18-26(52-32-27-13-12-25(51-7)17-28(27)39-21-40-32)20-44(29)33(46)30(23(2)16-22)41-35(48)53-36(3,4)5/h9,11-13,17,21-24,26,29-30H,8,10,14-16,18-20H2,1-7H3,(H,41,48)(H,42,45)(H,43,47)/b11-9-/t22-,23-,24-,26-,29+,30+,38-/m1/s1. The van der Waals surface area contributed by atoms with Gasteiger partial charge < -0.3 is 29.7 Å². The van der Waals surface area contributed by atoms with Crippen molar-refractivity contribution in [3.63, 3.8) is 0 Å². The van der Waals surface area contributed by atoms with Gasteiger partial charge in [0, 0.05) is 18.4 Å². The second-order valence-corrected chi connectivity index (χ2v) is 18.8. The highest BCUT2D eigenvalue weighted by Crippen LogP contribution is 2.47. The third-order valence-corrected chi connectivity index (χ3v) is 13.2. The maximum Gasteiger partial charge on any atom is 0.408 e. The van der Waals surface area contributed by atoms with Crippen LogP contribution < -0.4 is 24.8 Å². The van der Waals surface area contributed by atoms with Crippen LogP contribution in [0.15, 0.2) is 36.7 Å². The Bertz CT molecular complexity index is 1940. The van der Waals surface area contributed by atoms with E-state index in [0.717, 1.165) is 6.42 Å². The van der Waals surface area contributed by atoms with Gasteiger partial charge in [0.2, 0.25) is 27.7 Å². The number of ether oxygens (including phenoxy) is 3. The topological polar surface area (TPSA) is 195 Å². The molecule has 4 amide bonds. The fourth-order valence-electron chi connectivity index (χ4n) is 7.42. The molecule has 2 aliphatic carbocycles. The van der Waals surface area contributed by atoms with Crippen LogP contribution in [0.5, 0.6) is 11.6 Å². The van der Waals surface area contributed by atoms with Crippen LogP contribution in [0.2, 0.25) is 0 Å². The second kappa shape index (κ2) is 14.6. The van der Waals surface area contributed by atoms with E-state index < -0.39 is 73.8 Å². The lowest BCUT2D eigenvalue weighted by Gasteiger charge is -2.33. The second-order valence-electron chi connectivity index (χ2n) is 16.6. The molecule has 4 aliphatic rings. The molecule has 1 saturated heterocycles. The van der Waals surface area contributed by atoms with Gasteiger partial charge in [0.25, 0.3) is 5.91 Å². The molecular weight excluding hydrogens is 717 g/mol. The number of hydrogen-bond donors (Lipinski definition) is 3. The first-order valence-electron chi connectivity index (χ1n) is 18.7. The number of methoxy groups -OCH3 is 1. The van der Waals surface area contributed by atoms with E-state index in [-0.39, 0.29) is 37.1 Å². The predicted octanol–water partition coefficient (Wildman–Crippen LogP) is 3.77. The summed E-state index contributed by atoms with van der Waals surface area (Å²) in [6.45, 7) is 10.7. The summed E-state index contributed by atoms with van der Waals surface area (Å²) in [6, 6.07) is 3.06. The van der Waals surface area contributed by atoms with E-state index in [0.29, 0.717) is 42.3 Å². The van der Waals surface area contributed by atoms with Crippen molar-refractivity contribution in [2.45, 2.75) is 121 Å². The molecule has 1 aromatic carbocycles. The predicted molar refractivity (Wildman–Crippen MR) is 199 cm³/mol. The summed E-state index contributed by atoms with van der Waals surface area (Å²) in [6.07, 6.45) is 6.80. The summed E-state index contributed by atoms with van der Waals surface area (Å²) in [5, 5.41) is 6.29. The molecule has 294 valence electrons. The van der Waals surface area contributed by atoms with Crippen molar-refractivity contribution in [1.29, 1.82) is 0 Å². The van der Waals surface area contributed by atoms with Crippen molar-refractivity contribution >= 4 is 44.7 Å². The van der Waals surface area contributed by atoms with Gasteiger partial charge in [-0.25, -0.2) is 23.2 Å². The van der Waals surface area contributed by atoms with Crippen molar-refractivity contribution in [2.75, 3.05) is 13.7 Å². The SMILES string of the molecule is COc1ccc2c(O[C@@H]3C[C@H]4C(=O)N[C@]5(C(=O)NS(=O)(=O)C6(C)CC6)C[C@H]5/C=C\CC[C@@H](C)C[C@@H](C)[C@H](NC(=O)OC(C)(C)C)C(=O)N4C3)ncnc2c1. The van der Waals surface area contributed by atoms with Crippen LogP contribution in [0.1, 0.15) is 86.5 Å². The normalized spacial score (nSPS) is 30.4. The Morgan fingerprint density at radius 1 is 1.09 bits per heavy atom. The average molecular weight is 769 g/mol. The number of allylic oxidation sites excluding steroid dienone is 1. The lowest BCUT2D eigenvalue weighted by atomic mass is 9.88. The molecule has 2 aliphatic heterocycles. The van der Waals surface area contributed by atoms with Crippen molar-refractivity contribution in [2.24, 2.45) is 17.8 Å². The molecule has 0 radical (unpaired) electrons. The molecule has 3 fully saturated rings. The zero-order chi connectivity index (χ0) is 39.2. The smallest absolute Gasteiger partial charge is 0.408 e. The van der Waals surface area contributed by atoms with Crippen LogP contribution in [0.25, 0.3) is 10.9 Å². The van der Waals surface area contributed by atoms with Crippen molar-refractivity contribution in [3.8, 4) is 11.6 Å². The third-order valence-electron chi connectivity index (χ3n) is 11.0. The van der Waals surface area contributed by atoms with E-state index in [1.165, 1.54) is 11.2 Å². The van der Waals surface area contributed by atoms with Gasteiger partial charge in [0.05, 0.1) is 29.3 Å². The maximum atomic E-state index is 14.7. The number of fused-ring (bicyclic) bond motifs is 3. The summed E-state index contributed by atoms with van der Waals surface area (Å²) in [5.41, 5.74) is -1.79. The third kappa shape index (κ3) is 8.27. The Hall–Kier alpha value is -4.47. The molecule has 0 spiro atoms. The number of hydrogen-bond acceptors (Lipinski definition) is 11. The summed E-state index contributed by atoms with van der Waals surface area (Å²) in [4.78, 5) is 66.3. The van der Waals surface area contributed by atoms with Gasteiger partial charge in [-0.15, -0.1) is 0 Å². The minimum absolute atomic E-state index is 0.0255. The molecule has 15 nitrogen and oxygen atoms in total. The van der Waals surface area contributed by atoms with Gasteiger partial charge in [0.15, 0.2) is 0 Å². The Morgan fingerprint density at radius 3 is 2.52 bits per heavy atom. The molecule has 6 rings (SSSR count). The quantitative estimate of drug-likeness (QED) is 0.347. The highest BCUT2D eigenvalue weighted by atomic mass is 32.2. The molecule has 0 unspecified atom stereocenters. The Balaban J connectivity index is 1.35. The van der Waals surface area contributed by atoms with Crippen LogP contribution in [-0.4, -0.2) is 94.8 Å². The van der Waals surface area contributed by atoms with E-state index in [2.05, 4.69) is 32.2 Å². The van der Waals surface area contributed by atoms with E-state index >= 15 is 0 Å². The van der Waals surface area contributed by atoms with Gasteiger partial charge in [0.1, 0.15) is 41.4 Å². The van der Waals surface area contributed by atoms with Crippen molar-refractivity contribution < 1.29 is 41.8 Å². The van der Waals surface area contributed by atoms with Crippen LogP contribution in [-0.2, 0) is 29.1 Å². The van der Waals surface area contributed by atoms with Gasteiger partial charge >= 0.3 is 6.09 Å². The molecule has 54 heavy (non-hydrogen) atoms. The van der Waals surface area contributed by atoms with Crippen LogP contribution >= 0.6 is 0 Å². The van der Waals surface area contributed by atoms with E-state index in [1.807, 2.05) is 19.1 Å². The summed E-state index contributed by atoms with van der Waals surface area (Å²) in [5.74, 6) is -1.76. The van der Waals surface area contributed by atoms with Crippen LogP contribution in [0.4, 0.5) is 4.79 Å². The van der Waals surface area contributed by atoms with Crippen molar-refractivity contribution in [1.82, 2.24) is 30.2 Å². The molecule has 3 N–H and O–H groups in total. The summed E-state index contributed by atoms with van der Waals surface area (Å²) >= 11 is 0. The largest absolute Gasteiger partial charge is 0.497 e. The molecule has 2 saturated carbocycles. The monoisotopic (exact) mass is 768 g/mol. The first kappa shape index (κ1) is 39.2. The molecule has 1 aromatic heterocycles. The molecule has 3 heterocycles. The number of alkyl carbamates (subject to hydrolysis) is 1. The van der Waals surface area contributed by atoms with E-state index in [9.17, 15) is 27.6 Å². The average Bonchev–Trinajstić information content (AvgIpc) is 3.97. The highest BCUT2D eigenvalue weighted by molar-refractivity contribution is 7.91. The number of carbonyl (C=O) groups is 4. The number of benzene rings is 1. The number of carbonyl (C=O) groups excluding carboxylic acids is 4. The van der Waals surface area contributed by atoms with E-state index in [1.54, 1.807) is 53.0 Å². The van der Waals surface area contributed by atoms with Crippen molar-refractivity contribution in [3.05, 3.63) is 36.7 Å². The minimum atomic E-state index is -4.00. The zero-order valence-corrected chi connectivity index (χ0v) is 32.8. The molecule has 2 aromatic rings. The number of aromatic nitrogens is 2.